The molecule has 0 saturated heterocycles. The van der Waals surface area contributed by atoms with E-state index >= 15 is 0 Å². The molecular formula is C13H10ClN3O3. The molecule has 1 aromatic carbocycles. The van der Waals surface area contributed by atoms with E-state index in [1.165, 1.54) is 24.4 Å². The number of amides is 1. The molecule has 7 heteroatoms. The molecule has 102 valence electrons. The Kier molecular flexibility index (Phi) is 3.95. The summed E-state index contributed by atoms with van der Waals surface area (Å²) in [7, 11) is 0. The molecule has 0 unspecified atom stereocenters. The lowest BCUT2D eigenvalue weighted by atomic mass is 10.1. The number of aryl methyl sites for hydroxylation is 1. The van der Waals surface area contributed by atoms with Crippen LogP contribution in [0.4, 0.5) is 11.4 Å². The fourth-order valence-electron chi connectivity index (χ4n) is 1.67. The molecule has 1 aromatic heterocycles. The van der Waals surface area contributed by atoms with Crippen molar-refractivity contribution in [3.05, 3.63) is 62.9 Å². The van der Waals surface area contributed by atoms with Gasteiger partial charge >= 0.3 is 5.69 Å². The van der Waals surface area contributed by atoms with E-state index in [1.807, 2.05) is 0 Å². The minimum atomic E-state index is -0.673. The fourth-order valence-corrected chi connectivity index (χ4v) is 1.91. The Labute approximate surface area is 119 Å². The molecule has 2 aromatic rings. The zero-order valence-electron chi connectivity index (χ0n) is 10.5. The number of benzene rings is 1. The Morgan fingerprint density at radius 1 is 1.40 bits per heavy atom. The third-order valence-electron chi connectivity index (χ3n) is 2.70. The van der Waals surface area contributed by atoms with Crippen molar-refractivity contribution >= 4 is 28.9 Å². The minimum Gasteiger partial charge on any atom is -0.320 e. The van der Waals surface area contributed by atoms with Crippen LogP contribution in [0.1, 0.15) is 15.9 Å². The smallest absolute Gasteiger partial charge is 0.300 e. The van der Waals surface area contributed by atoms with Crippen LogP contribution in [0.3, 0.4) is 0 Å². The van der Waals surface area contributed by atoms with Crippen LogP contribution >= 0.6 is 11.6 Å². The van der Waals surface area contributed by atoms with Crippen molar-refractivity contribution in [1.29, 1.82) is 0 Å². The number of para-hydroxylation sites is 1. The molecule has 20 heavy (non-hydrogen) atoms. The molecule has 0 aliphatic heterocycles. The number of rotatable bonds is 3. The van der Waals surface area contributed by atoms with Crippen molar-refractivity contribution in [1.82, 2.24) is 4.98 Å². The van der Waals surface area contributed by atoms with Crippen LogP contribution in [0, 0.1) is 17.0 Å². The van der Waals surface area contributed by atoms with Crippen molar-refractivity contribution in [2.75, 3.05) is 5.32 Å². The van der Waals surface area contributed by atoms with Gasteiger partial charge in [0.2, 0.25) is 0 Å². The first-order valence-electron chi connectivity index (χ1n) is 5.65. The van der Waals surface area contributed by atoms with Crippen LogP contribution in [0.2, 0.25) is 5.02 Å². The molecule has 2 rings (SSSR count). The van der Waals surface area contributed by atoms with Gasteiger partial charge in [0, 0.05) is 6.20 Å². The molecule has 0 atom stereocenters. The van der Waals surface area contributed by atoms with E-state index in [4.69, 9.17) is 11.6 Å². The van der Waals surface area contributed by atoms with Gasteiger partial charge in [-0.15, -0.1) is 0 Å². The Bertz CT molecular complexity index is 688. The van der Waals surface area contributed by atoms with E-state index in [9.17, 15) is 14.9 Å². The number of pyridine rings is 1. The summed E-state index contributed by atoms with van der Waals surface area (Å²) in [5, 5.41) is 13.5. The monoisotopic (exact) mass is 291 g/mol. The van der Waals surface area contributed by atoms with Crippen LogP contribution in [0.15, 0.2) is 36.7 Å². The minimum absolute atomic E-state index is 0.0782. The summed E-state index contributed by atoms with van der Waals surface area (Å²) in [4.78, 5) is 26.4. The molecule has 0 radical (unpaired) electrons. The molecule has 0 saturated carbocycles. The van der Waals surface area contributed by atoms with Gasteiger partial charge in [-0.3, -0.25) is 19.9 Å². The highest BCUT2D eigenvalue weighted by atomic mass is 35.5. The third kappa shape index (κ3) is 2.75. The zero-order chi connectivity index (χ0) is 14.7. The molecule has 1 heterocycles. The highest BCUT2D eigenvalue weighted by Gasteiger charge is 2.23. The summed E-state index contributed by atoms with van der Waals surface area (Å²) in [5.74, 6) is -0.602. The van der Waals surface area contributed by atoms with Crippen LogP contribution < -0.4 is 5.32 Å². The predicted octanol–water partition coefficient (Wildman–Crippen LogP) is 3.20. The fraction of sp³-hybridized carbons (Fsp3) is 0.0769. The summed E-state index contributed by atoms with van der Waals surface area (Å²) >= 11 is 5.77. The van der Waals surface area contributed by atoms with E-state index in [0.717, 1.165) is 5.56 Å². The highest BCUT2D eigenvalue weighted by Crippen LogP contribution is 2.28. The molecule has 1 amide bonds. The second-order valence-electron chi connectivity index (χ2n) is 4.04. The number of hydrogen-bond donors (Lipinski definition) is 1. The summed E-state index contributed by atoms with van der Waals surface area (Å²) in [6, 6.07) is 5.93. The average molecular weight is 292 g/mol. The number of carbonyl (C=O) groups is 1. The Hall–Kier alpha value is -2.47. The Morgan fingerprint density at radius 2 is 2.15 bits per heavy atom. The lowest BCUT2D eigenvalue weighted by Gasteiger charge is -2.08. The largest absolute Gasteiger partial charge is 0.320 e. The van der Waals surface area contributed by atoms with Gasteiger partial charge in [0.05, 0.1) is 16.8 Å². The molecule has 1 N–H and O–H groups in total. The number of nitro benzene ring substituents is 1. The van der Waals surface area contributed by atoms with E-state index in [-0.39, 0.29) is 10.6 Å². The standard InChI is InChI=1S/C13H10ClN3O3/c1-8-5-6-15-7-11(8)16-13(18)9-3-2-4-10(14)12(9)17(19)20/h2-7H,1H3,(H,16,18). The lowest BCUT2D eigenvalue weighted by Crippen LogP contribution is -2.15. The first-order valence-corrected chi connectivity index (χ1v) is 6.03. The molecule has 0 aliphatic rings. The first kappa shape index (κ1) is 14.0. The van der Waals surface area contributed by atoms with Gasteiger partial charge in [0.15, 0.2) is 0 Å². The topological polar surface area (TPSA) is 85.1 Å². The van der Waals surface area contributed by atoms with Crippen LogP contribution in [0.25, 0.3) is 0 Å². The molecule has 0 aliphatic carbocycles. The summed E-state index contributed by atoms with van der Waals surface area (Å²) < 4.78 is 0. The number of carbonyl (C=O) groups excluding carboxylic acids is 1. The number of nitrogens with zero attached hydrogens (tertiary/aromatic N) is 2. The summed E-state index contributed by atoms with van der Waals surface area (Å²) in [6.45, 7) is 1.80. The van der Waals surface area contributed by atoms with Crippen LogP contribution in [0.5, 0.6) is 0 Å². The zero-order valence-corrected chi connectivity index (χ0v) is 11.2. The SMILES string of the molecule is Cc1ccncc1NC(=O)c1cccc(Cl)c1[N+](=O)[O-]. The number of nitrogens with one attached hydrogen (secondary N) is 1. The summed E-state index contributed by atoms with van der Waals surface area (Å²) in [5.41, 5.74) is 0.795. The number of nitro groups is 1. The number of anilines is 1. The van der Waals surface area contributed by atoms with E-state index in [2.05, 4.69) is 10.3 Å². The van der Waals surface area contributed by atoms with Crippen molar-refractivity contribution in [2.45, 2.75) is 6.92 Å². The van der Waals surface area contributed by atoms with E-state index < -0.39 is 16.5 Å². The Morgan fingerprint density at radius 3 is 2.80 bits per heavy atom. The maximum atomic E-state index is 12.1. The van der Waals surface area contributed by atoms with Crippen molar-refractivity contribution in [3.63, 3.8) is 0 Å². The van der Waals surface area contributed by atoms with Gasteiger partial charge in [-0.2, -0.15) is 0 Å². The normalized spacial score (nSPS) is 10.1. The van der Waals surface area contributed by atoms with Crippen molar-refractivity contribution in [3.8, 4) is 0 Å². The maximum absolute atomic E-state index is 12.1. The second kappa shape index (κ2) is 5.66. The number of halogens is 1. The predicted molar refractivity (Wildman–Crippen MR) is 75.0 cm³/mol. The first-order chi connectivity index (χ1) is 9.50. The number of hydrogen-bond acceptors (Lipinski definition) is 4. The molecule has 6 nitrogen and oxygen atoms in total. The summed E-state index contributed by atoms with van der Waals surface area (Å²) in [6.07, 6.45) is 3.07. The van der Waals surface area contributed by atoms with Gasteiger partial charge in [-0.05, 0) is 30.7 Å². The van der Waals surface area contributed by atoms with Crippen molar-refractivity contribution in [2.24, 2.45) is 0 Å². The molecule has 0 bridgehead atoms. The van der Waals surface area contributed by atoms with Gasteiger partial charge < -0.3 is 5.32 Å². The van der Waals surface area contributed by atoms with Gasteiger partial charge in [0.25, 0.3) is 5.91 Å². The van der Waals surface area contributed by atoms with E-state index in [0.29, 0.717) is 5.69 Å². The van der Waals surface area contributed by atoms with Gasteiger partial charge in [-0.25, -0.2) is 0 Å². The quantitative estimate of drug-likeness (QED) is 0.695. The molecule has 0 fully saturated rings. The van der Waals surface area contributed by atoms with Gasteiger partial charge in [-0.1, -0.05) is 17.7 Å². The third-order valence-corrected chi connectivity index (χ3v) is 3.01. The van der Waals surface area contributed by atoms with Crippen molar-refractivity contribution < 1.29 is 9.72 Å². The number of aromatic nitrogens is 1. The lowest BCUT2D eigenvalue weighted by molar-refractivity contribution is -0.385. The average Bonchev–Trinajstić information content (AvgIpc) is 2.40. The van der Waals surface area contributed by atoms with E-state index in [1.54, 1.807) is 19.2 Å². The maximum Gasteiger partial charge on any atom is 0.300 e. The molecular weight excluding hydrogens is 282 g/mol. The second-order valence-corrected chi connectivity index (χ2v) is 4.45. The highest BCUT2D eigenvalue weighted by molar-refractivity contribution is 6.33. The van der Waals surface area contributed by atoms with Gasteiger partial charge in [0.1, 0.15) is 10.6 Å². The van der Waals surface area contributed by atoms with Crippen LogP contribution in [-0.2, 0) is 0 Å². The molecule has 0 spiro atoms. The Balaban J connectivity index is 2.38. The van der Waals surface area contributed by atoms with Crippen LogP contribution in [-0.4, -0.2) is 15.8 Å².